The minimum Gasteiger partial charge on any atom is -0.493 e. The summed E-state index contributed by atoms with van der Waals surface area (Å²) in [6.45, 7) is 8.87. The molecule has 0 aromatic heterocycles. The van der Waals surface area contributed by atoms with Crippen LogP contribution >= 0.6 is 15.9 Å². The van der Waals surface area contributed by atoms with Gasteiger partial charge >= 0.3 is 0 Å². The number of methoxy groups -OCH3 is 2. The number of aryl methyl sites for hydroxylation is 2. The van der Waals surface area contributed by atoms with Crippen LogP contribution in [-0.2, 0) is 32.6 Å². The molecular formula is C38H44BrN3O6S. The van der Waals surface area contributed by atoms with E-state index in [1.807, 2.05) is 95.3 Å². The molecule has 4 aromatic rings. The Morgan fingerprint density at radius 2 is 1.43 bits per heavy atom. The van der Waals surface area contributed by atoms with Crippen LogP contribution in [0.3, 0.4) is 0 Å². The van der Waals surface area contributed by atoms with Gasteiger partial charge in [0.2, 0.25) is 11.8 Å². The standard InChI is InChI=1S/C38H44BrN3O6S/c1-26-19-27(2)21-31(20-26)42(49(45,46)32-17-18-34(47-6)35(23-32)48-7)25-36(43)41(24-29-13-15-30(39)16-14-29)33(37(44)40-38(3,4)5)22-28-11-9-8-10-12-28/h8-21,23,33H,22,24-25H2,1-7H3,(H,40,44). The molecule has 0 heterocycles. The van der Waals surface area contributed by atoms with Crippen molar-refractivity contribution < 1.29 is 27.5 Å². The summed E-state index contributed by atoms with van der Waals surface area (Å²) in [4.78, 5) is 30.2. The fraction of sp³-hybridized carbons (Fsp3) is 0.316. The molecular weight excluding hydrogens is 706 g/mol. The summed E-state index contributed by atoms with van der Waals surface area (Å²) in [6.07, 6.45) is 0.219. The Labute approximate surface area is 298 Å². The van der Waals surface area contributed by atoms with E-state index in [0.29, 0.717) is 11.4 Å². The zero-order chi connectivity index (χ0) is 35.9. The van der Waals surface area contributed by atoms with Gasteiger partial charge in [0.25, 0.3) is 10.0 Å². The van der Waals surface area contributed by atoms with Crippen LogP contribution in [0.25, 0.3) is 0 Å². The highest BCUT2D eigenvalue weighted by molar-refractivity contribution is 9.10. The molecule has 2 amide bonds. The summed E-state index contributed by atoms with van der Waals surface area (Å²) in [5, 5.41) is 3.05. The largest absolute Gasteiger partial charge is 0.493 e. The van der Waals surface area contributed by atoms with Gasteiger partial charge < -0.3 is 19.7 Å². The second-order valence-electron chi connectivity index (χ2n) is 13.0. The Hall–Kier alpha value is -4.35. The molecule has 0 radical (unpaired) electrons. The van der Waals surface area contributed by atoms with Gasteiger partial charge in [0.1, 0.15) is 12.6 Å². The molecule has 49 heavy (non-hydrogen) atoms. The predicted molar refractivity (Wildman–Crippen MR) is 197 cm³/mol. The van der Waals surface area contributed by atoms with E-state index < -0.39 is 34.1 Å². The SMILES string of the molecule is COc1ccc(S(=O)(=O)N(CC(=O)N(Cc2ccc(Br)cc2)C(Cc2ccccc2)C(=O)NC(C)(C)C)c2cc(C)cc(C)c2)cc1OC. The lowest BCUT2D eigenvalue weighted by Gasteiger charge is -2.35. The molecule has 11 heteroatoms. The minimum atomic E-state index is -4.34. The lowest BCUT2D eigenvalue weighted by Crippen LogP contribution is -2.56. The molecule has 4 rings (SSSR count). The van der Waals surface area contributed by atoms with Gasteiger partial charge in [-0.1, -0.05) is 64.5 Å². The highest BCUT2D eigenvalue weighted by atomic mass is 79.9. The maximum absolute atomic E-state index is 14.8. The third kappa shape index (κ3) is 9.86. The second kappa shape index (κ2) is 15.9. The molecule has 0 spiro atoms. The number of carbonyl (C=O) groups is 2. The Balaban J connectivity index is 1.86. The van der Waals surface area contributed by atoms with Gasteiger partial charge in [0.15, 0.2) is 11.5 Å². The van der Waals surface area contributed by atoms with Crippen molar-refractivity contribution >= 4 is 43.5 Å². The molecule has 9 nitrogen and oxygen atoms in total. The average Bonchev–Trinajstić information content (AvgIpc) is 3.04. The Morgan fingerprint density at radius 3 is 2.00 bits per heavy atom. The second-order valence-corrected chi connectivity index (χ2v) is 15.7. The van der Waals surface area contributed by atoms with Gasteiger partial charge in [-0.2, -0.15) is 0 Å². The number of sulfonamides is 1. The Kier molecular flexibility index (Phi) is 12.2. The maximum atomic E-state index is 14.8. The van der Waals surface area contributed by atoms with E-state index in [9.17, 15) is 18.0 Å². The van der Waals surface area contributed by atoms with Gasteiger partial charge in [0.05, 0.1) is 24.8 Å². The van der Waals surface area contributed by atoms with Crippen LogP contribution in [0.5, 0.6) is 11.5 Å². The molecule has 0 aliphatic heterocycles. The first-order chi connectivity index (χ1) is 23.1. The highest BCUT2D eigenvalue weighted by Gasteiger charge is 2.36. The summed E-state index contributed by atoms with van der Waals surface area (Å²) < 4.78 is 41.8. The molecule has 1 N–H and O–H groups in total. The van der Waals surface area contributed by atoms with Gasteiger partial charge in [-0.3, -0.25) is 13.9 Å². The molecule has 1 unspecified atom stereocenters. The average molecular weight is 751 g/mol. The molecule has 0 saturated heterocycles. The van der Waals surface area contributed by atoms with Gasteiger partial charge in [0, 0.05) is 29.0 Å². The number of benzene rings is 4. The van der Waals surface area contributed by atoms with Crippen molar-refractivity contribution in [2.45, 2.75) is 64.1 Å². The number of nitrogens with zero attached hydrogens (tertiary/aromatic N) is 2. The van der Waals surface area contributed by atoms with E-state index in [2.05, 4.69) is 21.2 Å². The molecule has 4 aromatic carbocycles. The Bertz CT molecular complexity index is 1860. The van der Waals surface area contributed by atoms with Crippen LogP contribution < -0.4 is 19.1 Å². The molecule has 0 bridgehead atoms. The fourth-order valence-electron chi connectivity index (χ4n) is 5.52. The number of halogens is 1. The quantitative estimate of drug-likeness (QED) is 0.161. The fourth-order valence-corrected chi connectivity index (χ4v) is 7.20. The number of rotatable bonds is 13. The van der Waals surface area contributed by atoms with Crippen LogP contribution in [0.2, 0.25) is 0 Å². The third-order valence-corrected chi connectivity index (χ3v) is 10.1. The first-order valence-electron chi connectivity index (χ1n) is 15.8. The van der Waals surface area contributed by atoms with E-state index in [-0.39, 0.29) is 29.5 Å². The zero-order valence-corrected chi connectivity index (χ0v) is 31.4. The predicted octanol–water partition coefficient (Wildman–Crippen LogP) is 6.83. The molecule has 0 aliphatic carbocycles. The lowest BCUT2D eigenvalue weighted by atomic mass is 10.0. The summed E-state index contributed by atoms with van der Waals surface area (Å²) in [5.74, 6) is -0.294. The van der Waals surface area contributed by atoms with Crippen LogP contribution in [-0.4, -0.2) is 57.5 Å². The van der Waals surface area contributed by atoms with Crippen LogP contribution in [0.4, 0.5) is 5.69 Å². The summed E-state index contributed by atoms with van der Waals surface area (Å²) in [6, 6.07) is 25.7. The molecule has 0 fully saturated rings. The monoisotopic (exact) mass is 749 g/mol. The first kappa shape index (κ1) is 37.5. The van der Waals surface area contributed by atoms with Crippen molar-refractivity contribution in [1.82, 2.24) is 10.2 Å². The van der Waals surface area contributed by atoms with E-state index >= 15 is 0 Å². The van der Waals surface area contributed by atoms with E-state index in [1.165, 1.54) is 37.3 Å². The molecule has 1 atom stereocenters. The summed E-state index contributed by atoms with van der Waals surface area (Å²) >= 11 is 3.47. The van der Waals surface area contributed by atoms with Crippen LogP contribution in [0.1, 0.15) is 43.0 Å². The summed E-state index contributed by atoms with van der Waals surface area (Å²) in [7, 11) is -1.45. The molecule has 0 aliphatic rings. The molecule has 260 valence electrons. The van der Waals surface area contributed by atoms with Crippen LogP contribution in [0.15, 0.2) is 100 Å². The zero-order valence-electron chi connectivity index (χ0n) is 29.0. The maximum Gasteiger partial charge on any atom is 0.264 e. The van der Waals surface area contributed by atoms with E-state index in [0.717, 1.165) is 31.0 Å². The van der Waals surface area contributed by atoms with Crippen LogP contribution in [0, 0.1) is 13.8 Å². The van der Waals surface area contributed by atoms with Crippen molar-refractivity contribution in [2.75, 3.05) is 25.1 Å². The number of nitrogens with one attached hydrogen (secondary N) is 1. The number of ether oxygens (including phenoxy) is 2. The Morgan fingerprint density at radius 1 is 0.816 bits per heavy atom. The highest BCUT2D eigenvalue weighted by Crippen LogP contribution is 2.33. The van der Waals surface area contributed by atoms with Gasteiger partial charge in [-0.05, 0) is 93.3 Å². The first-order valence-corrected chi connectivity index (χ1v) is 18.1. The number of carbonyl (C=O) groups excluding carboxylic acids is 2. The number of amides is 2. The lowest BCUT2D eigenvalue weighted by molar-refractivity contribution is -0.140. The van der Waals surface area contributed by atoms with Gasteiger partial charge in [-0.15, -0.1) is 0 Å². The van der Waals surface area contributed by atoms with Crippen molar-refractivity contribution in [3.63, 3.8) is 0 Å². The number of anilines is 1. The molecule has 0 saturated carbocycles. The topological polar surface area (TPSA) is 105 Å². The normalized spacial score (nSPS) is 12.2. The van der Waals surface area contributed by atoms with Crippen molar-refractivity contribution in [3.8, 4) is 11.5 Å². The third-order valence-electron chi connectivity index (χ3n) is 7.75. The number of hydrogen-bond acceptors (Lipinski definition) is 6. The van der Waals surface area contributed by atoms with Crippen molar-refractivity contribution in [3.05, 3.63) is 118 Å². The summed E-state index contributed by atoms with van der Waals surface area (Å²) in [5.41, 5.74) is 3.03. The van der Waals surface area contributed by atoms with Gasteiger partial charge in [-0.25, -0.2) is 8.42 Å². The van der Waals surface area contributed by atoms with E-state index in [1.54, 1.807) is 12.1 Å². The smallest absolute Gasteiger partial charge is 0.264 e. The van der Waals surface area contributed by atoms with Crippen molar-refractivity contribution in [2.24, 2.45) is 0 Å². The minimum absolute atomic E-state index is 0.0677. The van der Waals surface area contributed by atoms with Crippen molar-refractivity contribution in [1.29, 1.82) is 0 Å². The number of hydrogen-bond donors (Lipinski definition) is 1. The van der Waals surface area contributed by atoms with E-state index in [4.69, 9.17) is 9.47 Å².